The van der Waals surface area contributed by atoms with E-state index in [1.165, 1.54) is 12.7 Å². The normalized spacial score (nSPS) is 24.8. The van der Waals surface area contributed by atoms with Gasteiger partial charge in [-0.15, -0.1) is 0 Å². The van der Waals surface area contributed by atoms with Crippen molar-refractivity contribution in [1.82, 2.24) is 0 Å². The summed E-state index contributed by atoms with van der Waals surface area (Å²) in [5.74, 6) is 0.774. The van der Waals surface area contributed by atoms with Crippen molar-refractivity contribution in [3.8, 4) is 5.75 Å². The molecular formula is C17H25NO3. The van der Waals surface area contributed by atoms with E-state index in [2.05, 4.69) is 13.0 Å². The molecule has 0 bridgehead atoms. The van der Waals surface area contributed by atoms with Crippen LogP contribution in [0, 0.1) is 5.92 Å². The fourth-order valence-electron chi connectivity index (χ4n) is 3.21. The quantitative estimate of drug-likeness (QED) is 0.819. The summed E-state index contributed by atoms with van der Waals surface area (Å²) >= 11 is 0. The third-order valence-corrected chi connectivity index (χ3v) is 4.51. The lowest BCUT2D eigenvalue weighted by molar-refractivity contribution is -0.148. The van der Waals surface area contributed by atoms with Gasteiger partial charge in [0, 0.05) is 0 Å². The van der Waals surface area contributed by atoms with E-state index in [1.807, 2.05) is 18.2 Å². The number of carbonyl (C=O) groups is 1. The molecule has 1 aliphatic carbocycles. The Morgan fingerprint density at radius 1 is 1.43 bits per heavy atom. The minimum absolute atomic E-state index is 0.138. The average molecular weight is 291 g/mol. The molecular weight excluding hydrogens is 266 g/mol. The minimum Gasteiger partial charge on any atom is -0.493 e. The molecule has 4 heteroatoms. The van der Waals surface area contributed by atoms with Gasteiger partial charge in [0.1, 0.15) is 11.3 Å². The average Bonchev–Trinajstić information content (AvgIpc) is 2.89. The highest BCUT2D eigenvalue weighted by atomic mass is 16.5. The van der Waals surface area contributed by atoms with Crippen LogP contribution in [0.2, 0.25) is 0 Å². The Bertz CT molecular complexity index is 489. The molecule has 0 radical (unpaired) electrons. The highest BCUT2D eigenvalue weighted by Crippen LogP contribution is 2.37. The molecule has 2 rings (SSSR count). The molecule has 0 heterocycles. The van der Waals surface area contributed by atoms with Crippen molar-refractivity contribution in [3.05, 3.63) is 29.8 Å². The number of aryl methyl sites for hydroxylation is 1. The molecule has 1 aromatic rings. The lowest BCUT2D eigenvalue weighted by Gasteiger charge is -2.28. The molecule has 2 unspecified atom stereocenters. The number of hydrogen-bond donors (Lipinski definition) is 1. The Labute approximate surface area is 126 Å². The van der Waals surface area contributed by atoms with Crippen LogP contribution in [0.5, 0.6) is 5.75 Å². The number of methoxy groups -OCH3 is 1. The Hall–Kier alpha value is -1.55. The molecule has 0 spiro atoms. The van der Waals surface area contributed by atoms with Crippen LogP contribution in [0.4, 0.5) is 0 Å². The summed E-state index contributed by atoms with van der Waals surface area (Å²) in [6.45, 7) is 2.69. The van der Waals surface area contributed by atoms with Gasteiger partial charge in [-0.25, -0.2) is 0 Å². The van der Waals surface area contributed by atoms with Crippen LogP contribution in [0.3, 0.4) is 0 Å². The third-order valence-electron chi connectivity index (χ3n) is 4.51. The number of esters is 1. The first-order valence-corrected chi connectivity index (χ1v) is 7.69. The summed E-state index contributed by atoms with van der Waals surface area (Å²) in [5, 5.41) is 0. The fraction of sp³-hybridized carbons (Fsp3) is 0.588. The van der Waals surface area contributed by atoms with E-state index >= 15 is 0 Å². The lowest BCUT2D eigenvalue weighted by Crippen LogP contribution is -2.52. The Balaban J connectivity index is 1.92. The first-order valence-electron chi connectivity index (χ1n) is 7.69. The van der Waals surface area contributed by atoms with Crippen molar-refractivity contribution in [2.45, 2.75) is 44.6 Å². The minimum atomic E-state index is -0.831. The molecule has 2 atom stereocenters. The largest absolute Gasteiger partial charge is 0.493 e. The van der Waals surface area contributed by atoms with E-state index in [0.29, 0.717) is 13.0 Å². The first kappa shape index (κ1) is 15.8. The van der Waals surface area contributed by atoms with Gasteiger partial charge in [-0.05, 0) is 43.2 Å². The van der Waals surface area contributed by atoms with Crippen LogP contribution >= 0.6 is 0 Å². The van der Waals surface area contributed by atoms with Crippen LogP contribution in [-0.4, -0.2) is 25.2 Å². The van der Waals surface area contributed by atoms with Crippen LogP contribution < -0.4 is 10.5 Å². The van der Waals surface area contributed by atoms with Crippen LogP contribution in [0.25, 0.3) is 0 Å². The monoisotopic (exact) mass is 291 g/mol. The van der Waals surface area contributed by atoms with E-state index in [1.54, 1.807) is 0 Å². The molecule has 2 N–H and O–H groups in total. The van der Waals surface area contributed by atoms with Gasteiger partial charge >= 0.3 is 5.97 Å². The second-order valence-corrected chi connectivity index (χ2v) is 5.72. The molecule has 0 amide bonds. The molecule has 0 saturated heterocycles. The maximum atomic E-state index is 11.9. The number of carbonyl (C=O) groups excluding carboxylic acids is 1. The molecule has 21 heavy (non-hydrogen) atoms. The number of para-hydroxylation sites is 1. The molecule has 0 aliphatic heterocycles. The second-order valence-electron chi connectivity index (χ2n) is 5.72. The summed E-state index contributed by atoms with van der Waals surface area (Å²) in [7, 11) is 1.40. The summed E-state index contributed by atoms with van der Waals surface area (Å²) in [6, 6.07) is 8.06. The van der Waals surface area contributed by atoms with Crippen molar-refractivity contribution >= 4 is 5.97 Å². The molecule has 1 aromatic carbocycles. The third kappa shape index (κ3) is 3.38. The predicted octanol–water partition coefficient (Wildman–Crippen LogP) is 2.69. The Morgan fingerprint density at radius 2 is 2.19 bits per heavy atom. The van der Waals surface area contributed by atoms with E-state index in [4.69, 9.17) is 15.2 Å². The van der Waals surface area contributed by atoms with E-state index in [0.717, 1.165) is 31.4 Å². The first-order chi connectivity index (χ1) is 10.1. The molecule has 116 valence electrons. The summed E-state index contributed by atoms with van der Waals surface area (Å²) in [6.07, 6.45) is 4.37. The highest BCUT2D eigenvalue weighted by Gasteiger charge is 2.46. The zero-order chi connectivity index (χ0) is 15.3. The maximum absolute atomic E-state index is 11.9. The zero-order valence-corrected chi connectivity index (χ0v) is 12.9. The van der Waals surface area contributed by atoms with Crippen molar-refractivity contribution in [1.29, 1.82) is 0 Å². The summed E-state index contributed by atoms with van der Waals surface area (Å²) in [5.41, 5.74) is 6.64. The topological polar surface area (TPSA) is 61.5 Å². The standard InChI is InChI=1S/C17H25NO3/c1-3-13-7-4-5-9-15(13)21-12-10-14-8-6-11-17(14,18)16(19)20-2/h4-5,7,9,14H,3,6,8,10-12,18H2,1-2H3. The van der Waals surface area contributed by atoms with Gasteiger partial charge in [0.2, 0.25) is 0 Å². The van der Waals surface area contributed by atoms with Gasteiger partial charge in [0.25, 0.3) is 0 Å². The van der Waals surface area contributed by atoms with Crippen molar-refractivity contribution < 1.29 is 14.3 Å². The van der Waals surface area contributed by atoms with Crippen LogP contribution in [0.15, 0.2) is 24.3 Å². The van der Waals surface area contributed by atoms with Gasteiger partial charge in [-0.2, -0.15) is 0 Å². The smallest absolute Gasteiger partial charge is 0.326 e. The summed E-state index contributed by atoms with van der Waals surface area (Å²) < 4.78 is 10.8. The highest BCUT2D eigenvalue weighted by molar-refractivity contribution is 5.81. The van der Waals surface area contributed by atoms with Gasteiger partial charge in [0.15, 0.2) is 0 Å². The molecule has 1 saturated carbocycles. The predicted molar refractivity (Wildman–Crippen MR) is 82.2 cm³/mol. The number of rotatable bonds is 6. The van der Waals surface area contributed by atoms with Crippen LogP contribution in [0.1, 0.15) is 38.2 Å². The van der Waals surface area contributed by atoms with Gasteiger partial charge in [0.05, 0.1) is 13.7 Å². The van der Waals surface area contributed by atoms with Crippen molar-refractivity contribution in [2.75, 3.05) is 13.7 Å². The van der Waals surface area contributed by atoms with Crippen LogP contribution in [-0.2, 0) is 16.0 Å². The molecule has 1 aliphatic rings. The molecule has 1 fully saturated rings. The SMILES string of the molecule is CCc1ccccc1OCCC1CCCC1(N)C(=O)OC. The molecule has 4 nitrogen and oxygen atoms in total. The Kier molecular flexibility index (Phi) is 5.23. The fourth-order valence-corrected chi connectivity index (χ4v) is 3.21. The summed E-state index contributed by atoms with van der Waals surface area (Å²) in [4.78, 5) is 11.9. The van der Waals surface area contributed by atoms with Gasteiger partial charge < -0.3 is 15.2 Å². The van der Waals surface area contributed by atoms with E-state index < -0.39 is 5.54 Å². The maximum Gasteiger partial charge on any atom is 0.326 e. The second kappa shape index (κ2) is 6.94. The van der Waals surface area contributed by atoms with Gasteiger partial charge in [-0.1, -0.05) is 31.5 Å². The van der Waals surface area contributed by atoms with Crippen molar-refractivity contribution in [3.63, 3.8) is 0 Å². The number of nitrogens with two attached hydrogens (primary N) is 1. The zero-order valence-electron chi connectivity index (χ0n) is 12.9. The van der Waals surface area contributed by atoms with E-state index in [9.17, 15) is 4.79 Å². The Morgan fingerprint density at radius 3 is 2.90 bits per heavy atom. The van der Waals surface area contributed by atoms with E-state index in [-0.39, 0.29) is 11.9 Å². The van der Waals surface area contributed by atoms with Gasteiger partial charge in [-0.3, -0.25) is 4.79 Å². The number of ether oxygens (including phenoxy) is 2. The lowest BCUT2D eigenvalue weighted by atomic mass is 9.86. The van der Waals surface area contributed by atoms with Crippen molar-refractivity contribution in [2.24, 2.45) is 11.7 Å². The number of hydrogen-bond acceptors (Lipinski definition) is 4. The number of benzene rings is 1. The molecule has 0 aromatic heterocycles.